The second-order valence-corrected chi connectivity index (χ2v) is 4.19. The van der Waals surface area contributed by atoms with Crippen LogP contribution in [0.4, 0.5) is 0 Å². The van der Waals surface area contributed by atoms with Gasteiger partial charge in [0.15, 0.2) is 0 Å². The molecule has 0 aliphatic carbocycles. The van der Waals surface area contributed by atoms with Crippen molar-refractivity contribution < 1.29 is 9.47 Å². The molecule has 1 aromatic carbocycles. The van der Waals surface area contributed by atoms with Crippen molar-refractivity contribution in [2.24, 2.45) is 0 Å². The molecule has 1 aromatic rings. The van der Waals surface area contributed by atoms with Crippen molar-refractivity contribution in [2.75, 3.05) is 26.5 Å². The van der Waals surface area contributed by atoms with E-state index < -0.39 is 0 Å². The summed E-state index contributed by atoms with van der Waals surface area (Å²) in [5.41, 5.74) is 1.04. The summed E-state index contributed by atoms with van der Waals surface area (Å²) in [4.78, 5) is 1.06. The molecule has 16 heavy (non-hydrogen) atoms. The van der Waals surface area contributed by atoms with Crippen LogP contribution in [0.1, 0.15) is 5.56 Å². The molecular weight excluding hydrogens is 246 g/mol. The second-order valence-electron chi connectivity index (χ2n) is 3.08. The number of nitrogens with one attached hydrogen (secondary N) is 1. The van der Waals surface area contributed by atoms with Gasteiger partial charge in [0.2, 0.25) is 0 Å². The van der Waals surface area contributed by atoms with Gasteiger partial charge in [-0.15, -0.1) is 23.4 Å². The third-order valence-corrected chi connectivity index (χ3v) is 3.14. The van der Waals surface area contributed by atoms with Crippen molar-refractivity contribution in [2.45, 2.75) is 11.4 Å². The van der Waals surface area contributed by atoms with Gasteiger partial charge in [0, 0.05) is 12.1 Å². The van der Waals surface area contributed by atoms with Crippen LogP contribution in [0, 0.1) is 0 Å². The fourth-order valence-electron chi connectivity index (χ4n) is 1.41. The zero-order valence-corrected chi connectivity index (χ0v) is 11.2. The van der Waals surface area contributed by atoms with Gasteiger partial charge in [-0.25, -0.2) is 0 Å². The molecule has 0 bridgehead atoms. The maximum atomic E-state index is 5.59. The number of hydrogen-bond acceptors (Lipinski definition) is 4. The van der Waals surface area contributed by atoms with Gasteiger partial charge < -0.3 is 9.47 Å². The molecule has 1 N–H and O–H groups in total. The molecule has 1 rings (SSSR count). The van der Waals surface area contributed by atoms with Crippen molar-refractivity contribution in [3.8, 4) is 11.5 Å². The molecule has 0 aliphatic heterocycles. The fraction of sp³-hybridized carbons (Fsp3) is 0.455. The molecule has 90 valence electrons. The molecule has 5 heteroatoms. The number of halogens is 1. The highest BCUT2D eigenvalue weighted by Gasteiger charge is 2.10. The van der Waals surface area contributed by atoms with Gasteiger partial charge in [-0.1, -0.05) is 0 Å². The SMILES string of the molecule is COc1cc(SC)c(OC)cc1CNCCl. The van der Waals surface area contributed by atoms with Crippen LogP contribution in [0.5, 0.6) is 11.5 Å². The first kappa shape index (κ1) is 13.5. The Morgan fingerprint density at radius 1 is 1.25 bits per heavy atom. The number of alkyl halides is 1. The smallest absolute Gasteiger partial charge is 0.132 e. The second kappa shape index (κ2) is 6.89. The Kier molecular flexibility index (Phi) is 5.80. The molecular formula is C11H16ClNO2S. The molecule has 0 fully saturated rings. The molecule has 0 aromatic heterocycles. The van der Waals surface area contributed by atoms with Crippen molar-refractivity contribution in [1.82, 2.24) is 5.32 Å². The largest absolute Gasteiger partial charge is 0.496 e. The molecule has 0 heterocycles. The first-order valence-corrected chi connectivity index (χ1v) is 6.58. The zero-order valence-electron chi connectivity index (χ0n) is 9.67. The maximum Gasteiger partial charge on any atom is 0.132 e. The lowest BCUT2D eigenvalue weighted by Crippen LogP contribution is -2.11. The molecule has 0 saturated carbocycles. The van der Waals surface area contributed by atoms with Gasteiger partial charge >= 0.3 is 0 Å². The summed E-state index contributed by atoms with van der Waals surface area (Å²) in [5, 5.41) is 3.05. The van der Waals surface area contributed by atoms with E-state index in [1.807, 2.05) is 18.4 Å². The van der Waals surface area contributed by atoms with E-state index in [2.05, 4.69) is 5.32 Å². The predicted molar refractivity (Wildman–Crippen MR) is 68.9 cm³/mol. The van der Waals surface area contributed by atoms with Gasteiger partial charge in [-0.3, -0.25) is 5.32 Å². The average Bonchev–Trinajstić information content (AvgIpc) is 2.35. The highest BCUT2D eigenvalue weighted by Crippen LogP contribution is 2.34. The number of hydrogen-bond donors (Lipinski definition) is 1. The lowest BCUT2D eigenvalue weighted by Gasteiger charge is -2.13. The number of ether oxygens (including phenoxy) is 2. The van der Waals surface area contributed by atoms with Crippen LogP contribution in [0.15, 0.2) is 17.0 Å². The number of benzene rings is 1. The quantitative estimate of drug-likeness (QED) is 0.485. The van der Waals surface area contributed by atoms with E-state index in [1.165, 1.54) is 0 Å². The van der Waals surface area contributed by atoms with Crippen LogP contribution >= 0.6 is 23.4 Å². The molecule has 3 nitrogen and oxygen atoms in total. The summed E-state index contributed by atoms with van der Waals surface area (Å²) >= 11 is 7.22. The monoisotopic (exact) mass is 261 g/mol. The lowest BCUT2D eigenvalue weighted by molar-refractivity contribution is 0.389. The van der Waals surface area contributed by atoms with E-state index in [0.717, 1.165) is 22.0 Å². The summed E-state index contributed by atoms with van der Waals surface area (Å²) in [5.74, 6) is 1.71. The average molecular weight is 262 g/mol. The topological polar surface area (TPSA) is 30.5 Å². The first-order chi connectivity index (χ1) is 7.76. The lowest BCUT2D eigenvalue weighted by atomic mass is 10.2. The van der Waals surface area contributed by atoms with Crippen molar-refractivity contribution in [3.05, 3.63) is 17.7 Å². The Morgan fingerprint density at radius 2 is 1.94 bits per heavy atom. The number of thioether (sulfide) groups is 1. The van der Waals surface area contributed by atoms with E-state index in [0.29, 0.717) is 12.5 Å². The van der Waals surface area contributed by atoms with E-state index in [1.54, 1.807) is 26.0 Å². The zero-order chi connectivity index (χ0) is 12.0. The third kappa shape index (κ3) is 3.20. The van der Waals surface area contributed by atoms with Gasteiger partial charge in [-0.05, 0) is 18.4 Å². The standard InChI is InChI=1S/C11H16ClNO2S/c1-14-9-5-11(16-3)10(15-2)4-8(9)6-13-7-12/h4-5,13H,6-7H2,1-3H3. The highest BCUT2D eigenvalue weighted by molar-refractivity contribution is 7.98. The first-order valence-electron chi connectivity index (χ1n) is 4.82. The fourth-order valence-corrected chi connectivity index (χ4v) is 2.08. The van der Waals surface area contributed by atoms with Crippen LogP contribution in [0.3, 0.4) is 0 Å². The Labute approximate surface area is 105 Å². The van der Waals surface area contributed by atoms with Crippen LogP contribution in [-0.4, -0.2) is 26.5 Å². The maximum absolute atomic E-state index is 5.59. The Hall–Kier alpha value is -0.580. The van der Waals surface area contributed by atoms with Crippen molar-refractivity contribution in [3.63, 3.8) is 0 Å². The predicted octanol–water partition coefficient (Wildman–Crippen LogP) is 2.71. The Morgan fingerprint density at radius 3 is 2.44 bits per heavy atom. The highest BCUT2D eigenvalue weighted by atomic mass is 35.5. The molecule has 0 unspecified atom stereocenters. The number of methoxy groups -OCH3 is 2. The van der Waals surface area contributed by atoms with E-state index in [4.69, 9.17) is 21.1 Å². The summed E-state index contributed by atoms with van der Waals surface area (Å²) in [6, 6.07) is 4.37. The molecule has 0 saturated heterocycles. The van der Waals surface area contributed by atoms with E-state index in [9.17, 15) is 0 Å². The normalized spacial score (nSPS) is 10.2. The molecule has 0 aliphatic rings. The Balaban J connectivity index is 3.05. The molecule has 0 radical (unpaired) electrons. The number of rotatable bonds is 6. The summed E-state index contributed by atoms with van der Waals surface area (Å²) in [6.07, 6.45) is 2.01. The van der Waals surface area contributed by atoms with Crippen LogP contribution in [0.25, 0.3) is 0 Å². The Bertz CT molecular complexity index is 347. The molecule has 0 spiro atoms. The van der Waals surface area contributed by atoms with Crippen LogP contribution < -0.4 is 14.8 Å². The summed E-state index contributed by atoms with van der Waals surface area (Å²) < 4.78 is 10.7. The minimum absolute atomic E-state index is 0.412. The van der Waals surface area contributed by atoms with E-state index >= 15 is 0 Å². The molecule has 0 atom stereocenters. The van der Waals surface area contributed by atoms with Gasteiger partial charge in [-0.2, -0.15) is 0 Å². The third-order valence-electron chi connectivity index (χ3n) is 2.20. The van der Waals surface area contributed by atoms with Gasteiger partial charge in [0.1, 0.15) is 11.5 Å². The van der Waals surface area contributed by atoms with Crippen LogP contribution in [-0.2, 0) is 6.54 Å². The van der Waals surface area contributed by atoms with Gasteiger partial charge in [0.05, 0.1) is 25.1 Å². The minimum atomic E-state index is 0.412. The van der Waals surface area contributed by atoms with Crippen molar-refractivity contribution in [1.29, 1.82) is 0 Å². The van der Waals surface area contributed by atoms with Crippen molar-refractivity contribution >= 4 is 23.4 Å². The van der Waals surface area contributed by atoms with Crippen LogP contribution in [0.2, 0.25) is 0 Å². The summed E-state index contributed by atoms with van der Waals surface area (Å²) in [7, 11) is 3.33. The minimum Gasteiger partial charge on any atom is -0.496 e. The summed E-state index contributed by atoms with van der Waals surface area (Å²) in [6.45, 7) is 0.664. The van der Waals surface area contributed by atoms with E-state index in [-0.39, 0.29) is 0 Å². The van der Waals surface area contributed by atoms with Gasteiger partial charge in [0.25, 0.3) is 0 Å². The molecule has 0 amide bonds.